The van der Waals surface area contributed by atoms with Gasteiger partial charge in [-0.15, -0.1) is 11.6 Å². The Kier molecular flexibility index (Phi) is 4.64. The van der Waals surface area contributed by atoms with E-state index in [-0.39, 0.29) is 16.8 Å². The molecule has 27 heavy (non-hydrogen) atoms. The minimum absolute atomic E-state index is 0.0508. The Bertz CT molecular complexity index is 1110. The molecule has 1 amide bonds. The van der Waals surface area contributed by atoms with E-state index >= 15 is 0 Å². The molecule has 1 aliphatic rings. The van der Waals surface area contributed by atoms with Crippen LogP contribution < -0.4 is 10.9 Å². The second-order valence-corrected chi connectivity index (χ2v) is 6.82. The van der Waals surface area contributed by atoms with Crippen LogP contribution in [0.4, 0.5) is 0 Å². The molecule has 1 aromatic carbocycles. The van der Waals surface area contributed by atoms with E-state index < -0.39 is 0 Å². The number of carbonyl (C=O) groups excluding carboxylic acids is 1. The zero-order valence-corrected chi connectivity index (χ0v) is 15.1. The molecule has 4 rings (SSSR count). The predicted octanol–water partition coefficient (Wildman–Crippen LogP) is 2.90. The van der Waals surface area contributed by atoms with Gasteiger partial charge >= 0.3 is 0 Å². The zero-order chi connectivity index (χ0) is 18.8. The third kappa shape index (κ3) is 3.57. The first-order valence-electron chi connectivity index (χ1n) is 8.58. The fourth-order valence-corrected chi connectivity index (χ4v) is 3.12. The molecular formula is C20H17ClN4O2. The molecule has 1 atom stereocenters. The summed E-state index contributed by atoms with van der Waals surface area (Å²) in [6, 6.07) is 11.1. The highest BCUT2D eigenvalue weighted by molar-refractivity contribution is 6.22. The van der Waals surface area contributed by atoms with Crippen molar-refractivity contribution in [3.8, 4) is 0 Å². The number of carbonyl (C=O) groups is 1. The van der Waals surface area contributed by atoms with Crippen LogP contribution in [-0.2, 0) is 6.54 Å². The topological polar surface area (TPSA) is 79.3 Å². The number of allylic oxidation sites excluding steroid dienone is 4. The largest absolute Gasteiger partial charge is 0.348 e. The molecular weight excluding hydrogens is 364 g/mol. The van der Waals surface area contributed by atoms with Crippen molar-refractivity contribution in [2.24, 2.45) is 0 Å². The van der Waals surface area contributed by atoms with E-state index in [1.807, 2.05) is 48.6 Å². The number of rotatable bonds is 4. The van der Waals surface area contributed by atoms with E-state index in [4.69, 9.17) is 11.6 Å². The molecule has 0 spiro atoms. The summed E-state index contributed by atoms with van der Waals surface area (Å²) in [6.45, 7) is 0.395. The van der Waals surface area contributed by atoms with Gasteiger partial charge in [-0.05, 0) is 17.6 Å². The fraction of sp³-hybridized carbons (Fsp3) is 0.150. The van der Waals surface area contributed by atoms with Crippen LogP contribution in [0.3, 0.4) is 0 Å². The van der Waals surface area contributed by atoms with Crippen LogP contribution in [0, 0.1) is 0 Å². The van der Waals surface area contributed by atoms with Crippen LogP contribution in [0.1, 0.15) is 28.0 Å². The Labute approximate surface area is 160 Å². The third-order valence-corrected chi connectivity index (χ3v) is 4.71. The van der Waals surface area contributed by atoms with Crippen LogP contribution in [0.5, 0.6) is 0 Å². The van der Waals surface area contributed by atoms with Crippen molar-refractivity contribution in [1.82, 2.24) is 19.9 Å². The highest BCUT2D eigenvalue weighted by atomic mass is 35.5. The van der Waals surface area contributed by atoms with E-state index in [0.717, 1.165) is 11.1 Å². The van der Waals surface area contributed by atoms with Crippen LogP contribution in [0.25, 0.3) is 11.2 Å². The molecule has 6 nitrogen and oxygen atoms in total. The number of H-pyrrole nitrogens is 1. The maximum absolute atomic E-state index is 12.6. The van der Waals surface area contributed by atoms with E-state index in [1.54, 1.807) is 0 Å². The lowest BCUT2D eigenvalue weighted by molar-refractivity contribution is 0.0952. The highest BCUT2D eigenvalue weighted by Crippen LogP contribution is 2.22. The average Bonchev–Trinajstić information content (AvgIpc) is 3.12. The summed E-state index contributed by atoms with van der Waals surface area (Å²) in [5, 5.41) is 5.60. The minimum Gasteiger partial charge on any atom is -0.348 e. The number of hydrogen-bond acceptors (Lipinski definition) is 3. The van der Waals surface area contributed by atoms with Gasteiger partial charge in [0.2, 0.25) is 0 Å². The van der Waals surface area contributed by atoms with Crippen molar-refractivity contribution in [3.05, 3.63) is 88.0 Å². The second-order valence-electron chi connectivity index (χ2n) is 6.26. The van der Waals surface area contributed by atoms with E-state index in [0.29, 0.717) is 29.9 Å². The van der Waals surface area contributed by atoms with Crippen LogP contribution in [0.2, 0.25) is 0 Å². The second kappa shape index (κ2) is 7.25. The molecule has 2 N–H and O–H groups in total. The van der Waals surface area contributed by atoms with Gasteiger partial charge in [0.15, 0.2) is 5.65 Å². The maximum atomic E-state index is 12.6. The lowest BCUT2D eigenvalue weighted by atomic mass is 10.0. The Morgan fingerprint density at radius 2 is 2.15 bits per heavy atom. The van der Waals surface area contributed by atoms with Gasteiger partial charge in [-0.25, -0.2) is 9.50 Å². The molecule has 2 heterocycles. The summed E-state index contributed by atoms with van der Waals surface area (Å²) in [6.07, 6.45) is 7.82. The van der Waals surface area contributed by atoms with Gasteiger partial charge < -0.3 is 5.32 Å². The van der Waals surface area contributed by atoms with Crippen molar-refractivity contribution in [3.63, 3.8) is 0 Å². The molecule has 0 fully saturated rings. The van der Waals surface area contributed by atoms with Gasteiger partial charge in [0, 0.05) is 18.8 Å². The predicted molar refractivity (Wildman–Crippen MR) is 105 cm³/mol. The fourth-order valence-electron chi connectivity index (χ4n) is 2.95. The molecule has 1 unspecified atom stereocenters. The molecule has 0 bridgehead atoms. The summed E-state index contributed by atoms with van der Waals surface area (Å²) in [5.74, 6) is -0.296. The number of benzene rings is 1. The van der Waals surface area contributed by atoms with Gasteiger partial charge in [-0.3, -0.25) is 14.7 Å². The number of hydrogen-bond donors (Lipinski definition) is 2. The molecule has 1 aliphatic carbocycles. The van der Waals surface area contributed by atoms with Crippen LogP contribution >= 0.6 is 11.6 Å². The molecule has 136 valence electrons. The lowest BCUT2D eigenvalue weighted by Gasteiger charge is -2.10. The SMILES string of the molecule is O=C(NCc1ccccc1)c1c[nH]n2c(=O)cc(C3=CCC(Cl)C=C3)nc12. The first-order chi connectivity index (χ1) is 13.1. The van der Waals surface area contributed by atoms with Crippen LogP contribution in [0.15, 0.2) is 65.6 Å². The van der Waals surface area contributed by atoms with Crippen molar-refractivity contribution >= 4 is 28.7 Å². The van der Waals surface area contributed by atoms with E-state index in [1.165, 1.54) is 16.8 Å². The summed E-state index contributed by atoms with van der Waals surface area (Å²) < 4.78 is 1.26. The number of aromatic amines is 1. The first-order valence-corrected chi connectivity index (χ1v) is 9.01. The Hall–Kier alpha value is -3.12. The number of halogens is 1. The third-order valence-electron chi connectivity index (χ3n) is 4.38. The first kappa shape index (κ1) is 17.3. The summed E-state index contributed by atoms with van der Waals surface area (Å²) in [7, 11) is 0. The smallest absolute Gasteiger partial charge is 0.273 e. The molecule has 3 aromatic rings. The van der Waals surface area contributed by atoms with Crippen molar-refractivity contribution in [2.75, 3.05) is 0 Å². The van der Waals surface area contributed by atoms with Crippen molar-refractivity contribution in [2.45, 2.75) is 18.3 Å². The summed E-state index contributed by atoms with van der Waals surface area (Å²) in [4.78, 5) is 29.5. The molecule has 0 saturated heterocycles. The van der Waals surface area contributed by atoms with Crippen LogP contribution in [-0.4, -0.2) is 25.9 Å². The number of amides is 1. The number of alkyl halides is 1. The number of nitrogens with one attached hydrogen (secondary N) is 2. The standard InChI is InChI=1S/C20H17ClN4O2/c21-15-8-6-14(7-9-15)17-10-18(26)25-19(24-17)16(12-23-25)20(27)22-11-13-4-2-1-3-5-13/h1-8,10,12,15,23H,9,11H2,(H,22,27). The number of aromatic nitrogens is 3. The Morgan fingerprint density at radius 1 is 1.33 bits per heavy atom. The van der Waals surface area contributed by atoms with Gasteiger partial charge in [0.05, 0.1) is 11.1 Å². The van der Waals surface area contributed by atoms with E-state index in [9.17, 15) is 9.59 Å². The molecule has 0 radical (unpaired) electrons. The molecule has 0 saturated carbocycles. The van der Waals surface area contributed by atoms with Gasteiger partial charge in [-0.2, -0.15) is 0 Å². The summed E-state index contributed by atoms with van der Waals surface area (Å²) >= 11 is 6.05. The average molecular weight is 381 g/mol. The number of nitrogens with zero attached hydrogens (tertiary/aromatic N) is 2. The van der Waals surface area contributed by atoms with Crippen molar-refractivity contribution < 1.29 is 4.79 Å². The van der Waals surface area contributed by atoms with Gasteiger partial charge in [0.1, 0.15) is 5.56 Å². The van der Waals surface area contributed by atoms with E-state index in [2.05, 4.69) is 15.4 Å². The van der Waals surface area contributed by atoms with Crippen molar-refractivity contribution in [1.29, 1.82) is 0 Å². The lowest BCUT2D eigenvalue weighted by Crippen LogP contribution is -2.23. The minimum atomic E-state index is -0.296. The quantitative estimate of drug-likeness (QED) is 0.683. The zero-order valence-electron chi connectivity index (χ0n) is 14.4. The number of fused-ring (bicyclic) bond motifs is 1. The monoisotopic (exact) mass is 380 g/mol. The summed E-state index contributed by atoms with van der Waals surface area (Å²) in [5.41, 5.74) is 2.68. The van der Waals surface area contributed by atoms with Gasteiger partial charge in [0.25, 0.3) is 11.5 Å². The molecule has 7 heteroatoms. The molecule has 2 aromatic heterocycles. The maximum Gasteiger partial charge on any atom is 0.273 e. The molecule has 0 aliphatic heterocycles. The Morgan fingerprint density at radius 3 is 2.89 bits per heavy atom. The Balaban J connectivity index is 1.64. The normalized spacial score (nSPS) is 16.3. The van der Waals surface area contributed by atoms with Gasteiger partial charge in [-0.1, -0.05) is 48.6 Å². The highest BCUT2D eigenvalue weighted by Gasteiger charge is 2.17.